The number of nitrogens with one attached hydrogen (secondary N) is 1. The number of aliphatic hydroxyl groups is 1. The summed E-state index contributed by atoms with van der Waals surface area (Å²) in [4.78, 5) is 16.8. The van der Waals surface area contributed by atoms with E-state index in [0.29, 0.717) is 12.5 Å². The molecule has 6 heteroatoms. The van der Waals surface area contributed by atoms with E-state index >= 15 is 0 Å². The minimum Gasteiger partial charge on any atom is -0.468 e. The molecule has 2 atom stereocenters. The van der Waals surface area contributed by atoms with E-state index in [4.69, 9.17) is 9.52 Å². The summed E-state index contributed by atoms with van der Waals surface area (Å²) in [5, 5.41) is 12.2. The Labute approximate surface area is 143 Å². The Morgan fingerprint density at radius 2 is 2.17 bits per heavy atom. The van der Waals surface area contributed by atoms with Gasteiger partial charge in [-0.15, -0.1) is 0 Å². The molecule has 0 saturated carbocycles. The molecule has 134 valence electrons. The van der Waals surface area contributed by atoms with Crippen LogP contribution < -0.4 is 5.32 Å². The lowest BCUT2D eigenvalue weighted by molar-refractivity contribution is 0.145. The highest BCUT2D eigenvalue weighted by Crippen LogP contribution is 2.25. The number of rotatable bonds is 6. The zero-order chi connectivity index (χ0) is 16.8. The lowest BCUT2D eigenvalue weighted by Gasteiger charge is -2.33. The van der Waals surface area contributed by atoms with Crippen LogP contribution in [-0.2, 0) is 0 Å². The van der Waals surface area contributed by atoms with Crippen LogP contribution in [0.15, 0.2) is 22.8 Å². The Hall–Kier alpha value is -1.53. The molecule has 6 nitrogen and oxygen atoms in total. The summed E-state index contributed by atoms with van der Waals surface area (Å²) in [5.41, 5.74) is 0. The van der Waals surface area contributed by atoms with Crippen molar-refractivity contribution in [1.82, 2.24) is 15.1 Å². The molecule has 3 heterocycles. The van der Waals surface area contributed by atoms with E-state index in [1.165, 1.54) is 12.8 Å². The molecule has 0 radical (unpaired) electrons. The highest BCUT2D eigenvalue weighted by Gasteiger charge is 2.28. The number of likely N-dealkylation sites (tertiary alicyclic amines) is 2. The number of hydrogen-bond donors (Lipinski definition) is 2. The third-order valence-electron chi connectivity index (χ3n) is 5.24. The fourth-order valence-electron chi connectivity index (χ4n) is 3.91. The molecule has 2 aliphatic rings. The van der Waals surface area contributed by atoms with Crippen LogP contribution in [0, 0.1) is 5.92 Å². The van der Waals surface area contributed by atoms with Crippen molar-refractivity contribution in [2.24, 2.45) is 5.92 Å². The van der Waals surface area contributed by atoms with Crippen LogP contribution in [0.2, 0.25) is 0 Å². The first kappa shape index (κ1) is 17.3. The van der Waals surface area contributed by atoms with E-state index in [1.54, 1.807) is 6.26 Å². The molecule has 0 spiro atoms. The SMILES string of the molecule is O=C(NC[C@@H](c1ccco1)N1CCCC1)N1CCC[C@@H](CCO)C1. The topological polar surface area (TPSA) is 69.0 Å². The maximum absolute atomic E-state index is 12.5. The van der Waals surface area contributed by atoms with Gasteiger partial charge in [-0.05, 0) is 63.2 Å². The zero-order valence-electron chi connectivity index (χ0n) is 14.3. The number of nitrogens with zero attached hydrogens (tertiary/aromatic N) is 2. The summed E-state index contributed by atoms with van der Waals surface area (Å²) in [6.45, 7) is 4.46. The minimum atomic E-state index is 0.00777. The molecule has 1 aromatic rings. The average Bonchev–Trinajstić information content (AvgIpc) is 3.30. The summed E-state index contributed by atoms with van der Waals surface area (Å²) in [5.74, 6) is 1.35. The summed E-state index contributed by atoms with van der Waals surface area (Å²) in [6.07, 6.45) is 7.02. The van der Waals surface area contributed by atoms with Crippen LogP contribution in [0.1, 0.15) is 43.9 Å². The van der Waals surface area contributed by atoms with Crippen molar-refractivity contribution >= 4 is 6.03 Å². The Morgan fingerprint density at radius 1 is 1.33 bits per heavy atom. The molecular formula is C18H29N3O3. The lowest BCUT2D eigenvalue weighted by Crippen LogP contribution is -2.47. The smallest absolute Gasteiger partial charge is 0.317 e. The molecular weight excluding hydrogens is 306 g/mol. The first-order chi connectivity index (χ1) is 11.8. The molecule has 2 N–H and O–H groups in total. The largest absolute Gasteiger partial charge is 0.468 e. The molecule has 2 aliphatic heterocycles. The average molecular weight is 335 g/mol. The number of hydrogen-bond acceptors (Lipinski definition) is 4. The van der Waals surface area contributed by atoms with Crippen molar-refractivity contribution in [3.63, 3.8) is 0 Å². The highest BCUT2D eigenvalue weighted by atomic mass is 16.3. The van der Waals surface area contributed by atoms with Crippen molar-refractivity contribution in [1.29, 1.82) is 0 Å². The fraction of sp³-hybridized carbons (Fsp3) is 0.722. The number of carbonyl (C=O) groups is 1. The second-order valence-electron chi connectivity index (χ2n) is 6.93. The Kier molecular flexibility index (Phi) is 6.15. The van der Waals surface area contributed by atoms with Crippen molar-refractivity contribution in [2.75, 3.05) is 39.3 Å². The monoisotopic (exact) mass is 335 g/mol. The van der Waals surface area contributed by atoms with Crippen LogP contribution in [0.5, 0.6) is 0 Å². The van der Waals surface area contributed by atoms with E-state index in [1.807, 2.05) is 17.0 Å². The van der Waals surface area contributed by atoms with Gasteiger partial charge in [0.05, 0.1) is 12.3 Å². The van der Waals surface area contributed by atoms with Gasteiger partial charge in [0, 0.05) is 26.2 Å². The van der Waals surface area contributed by atoms with E-state index < -0.39 is 0 Å². The maximum Gasteiger partial charge on any atom is 0.317 e. The van der Waals surface area contributed by atoms with E-state index in [0.717, 1.165) is 51.2 Å². The number of furan rings is 1. The van der Waals surface area contributed by atoms with E-state index in [-0.39, 0.29) is 18.7 Å². The normalized spacial score (nSPS) is 23.4. The molecule has 2 fully saturated rings. The van der Waals surface area contributed by atoms with Crippen molar-refractivity contribution in [2.45, 2.75) is 38.1 Å². The first-order valence-electron chi connectivity index (χ1n) is 9.19. The summed E-state index contributed by atoms with van der Waals surface area (Å²) >= 11 is 0. The lowest BCUT2D eigenvalue weighted by atomic mass is 9.95. The number of aliphatic hydroxyl groups excluding tert-OH is 1. The molecule has 0 aromatic carbocycles. The van der Waals surface area contributed by atoms with Gasteiger partial charge in [0.25, 0.3) is 0 Å². The zero-order valence-corrected chi connectivity index (χ0v) is 14.3. The van der Waals surface area contributed by atoms with Gasteiger partial charge in [-0.25, -0.2) is 4.79 Å². The van der Waals surface area contributed by atoms with Crippen molar-refractivity contribution < 1.29 is 14.3 Å². The molecule has 24 heavy (non-hydrogen) atoms. The van der Waals surface area contributed by atoms with Crippen molar-refractivity contribution in [3.8, 4) is 0 Å². The predicted molar refractivity (Wildman–Crippen MR) is 91.7 cm³/mol. The standard InChI is InChI=1S/C18H29N3O3/c22-11-7-15-5-3-10-21(14-15)18(23)19-13-16(17-6-4-12-24-17)20-8-1-2-9-20/h4,6,12,15-16,22H,1-3,5,7-11,13-14H2,(H,19,23)/t15-,16-/m0/s1. The predicted octanol–water partition coefficient (Wildman–Crippen LogP) is 2.22. The fourth-order valence-corrected chi connectivity index (χ4v) is 3.91. The number of amides is 2. The van der Waals surface area contributed by atoms with Crippen LogP contribution in [0.4, 0.5) is 4.79 Å². The van der Waals surface area contributed by atoms with Crippen LogP contribution in [-0.4, -0.2) is 60.3 Å². The van der Waals surface area contributed by atoms with Gasteiger partial charge in [0.2, 0.25) is 0 Å². The number of carbonyl (C=O) groups excluding carboxylic acids is 1. The highest BCUT2D eigenvalue weighted by molar-refractivity contribution is 5.74. The third-order valence-corrected chi connectivity index (χ3v) is 5.24. The quantitative estimate of drug-likeness (QED) is 0.836. The van der Waals surface area contributed by atoms with Gasteiger partial charge >= 0.3 is 6.03 Å². The maximum atomic E-state index is 12.5. The van der Waals surface area contributed by atoms with Gasteiger partial charge in [-0.2, -0.15) is 0 Å². The Balaban J connectivity index is 1.55. The van der Waals surface area contributed by atoms with Crippen LogP contribution in [0.3, 0.4) is 0 Å². The van der Waals surface area contributed by atoms with Crippen LogP contribution in [0.25, 0.3) is 0 Å². The summed E-state index contributed by atoms with van der Waals surface area (Å²) in [6, 6.07) is 4.02. The van der Waals surface area contributed by atoms with Gasteiger partial charge in [0.15, 0.2) is 0 Å². The molecule has 2 amide bonds. The molecule has 0 unspecified atom stereocenters. The third kappa shape index (κ3) is 4.30. The first-order valence-corrected chi connectivity index (χ1v) is 9.19. The second kappa shape index (κ2) is 8.53. The van der Waals surface area contributed by atoms with Gasteiger partial charge in [-0.3, -0.25) is 4.90 Å². The van der Waals surface area contributed by atoms with E-state index in [9.17, 15) is 4.79 Å². The molecule has 1 aromatic heterocycles. The summed E-state index contributed by atoms with van der Waals surface area (Å²) < 4.78 is 5.60. The Morgan fingerprint density at radius 3 is 2.88 bits per heavy atom. The van der Waals surface area contributed by atoms with Gasteiger partial charge in [0.1, 0.15) is 5.76 Å². The molecule has 0 bridgehead atoms. The molecule has 0 aliphatic carbocycles. The van der Waals surface area contributed by atoms with Gasteiger partial charge < -0.3 is 19.7 Å². The number of piperidine rings is 1. The van der Waals surface area contributed by atoms with Crippen molar-refractivity contribution in [3.05, 3.63) is 24.2 Å². The minimum absolute atomic E-state index is 0.00777. The summed E-state index contributed by atoms with van der Waals surface area (Å²) in [7, 11) is 0. The Bertz CT molecular complexity index is 498. The van der Waals surface area contributed by atoms with E-state index in [2.05, 4.69) is 10.2 Å². The second-order valence-corrected chi connectivity index (χ2v) is 6.93. The number of urea groups is 1. The van der Waals surface area contributed by atoms with Gasteiger partial charge in [-0.1, -0.05) is 0 Å². The molecule has 3 rings (SSSR count). The molecule has 2 saturated heterocycles. The van der Waals surface area contributed by atoms with Crippen LogP contribution >= 0.6 is 0 Å².